The number of aromatic nitrogens is 4. The van der Waals surface area contributed by atoms with Gasteiger partial charge in [-0.15, -0.1) is 0 Å². The van der Waals surface area contributed by atoms with E-state index < -0.39 is 0 Å². The number of hydrogen-bond donors (Lipinski definition) is 2. The predicted octanol–water partition coefficient (Wildman–Crippen LogP) is 3.09. The number of halogens is 1. The summed E-state index contributed by atoms with van der Waals surface area (Å²) in [6, 6.07) is 6.26. The smallest absolute Gasteiger partial charge is 0.229 e. The second-order valence-electron chi connectivity index (χ2n) is 7.55. The van der Waals surface area contributed by atoms with Gasteiger partial charge in [0.1, 0.15) is 6.67 Å². The molecule has 1 aliphatic rings. The molecule has 2 N–H and O–H groups in total. The van der Waals surface area contributed by atoms with E-state index in [4.69, 9.17) is 0 Å². The van der Waals surface area contributed by atoms with Gasteiger partial charge in [0, 0.05) is 48.9 Å². The van der Waals surface area contributed by atoms with Crippen LogP contribution in [0.15, 0.2) is 36.8 Å². The van der Waals surface area contributed by atoms with Crippen LogP contribution in [-0.4, -0.2) is 44.9 Å². The quantitative estimate of drug-likeness (QED) is 0.669. The number of hydrogen-bond acceptors (Lipinski definition) is 5. The number of anilines is 1. The van der Waals surface area contributed by atoms with Gasteiger partial charge in [0.15, 0.2) is 0 Å². The van der Waals surface area contributed by atoms with Crippen LogP contribution in [0.5, 0.6) is 0 Å². The summed E-state index contributed by atoms with van der Waals surface area (Å²) in [5, 5.41) is 11.2. The summed E-state index contributed by atoms with van der Waals surface area (Å²) >= 11 is 0. The molecule has 1 aromatic carbocycles. The number of alkyl halides is 1. The molecule has 4 rings (SSSR count). The Hall–Kier alpha value is -2.87. The van der Waals surface area contributed by atoms with Gasteiger partial charge in [-0.1, -0.05) is 12.1 Å². The van der Waals surface area contributed by atoms with Crippen molar-refractivity contribution in [3.05, 3.63) is 36.8 Å². The Morgan fingerprint density at radius 3 is 2.76 bits per heavy atom. The number of aryl methyl sites for hydroxylation is 1. The van der Waals surface area contributed by atoms with Crippen molar-refractivity contribution in [1.29, 1.82) is 0 Å². The van der Waals surface area contributed by atoms with Crippen molar-refractivity contribution in [3.63, 3.8) is 0 Å². The zero-order chi connectivity index (χ0) is 20.2. The van der Waals surface area contributed by atoms with E-state index in [1.165, 1.54) is 0 Å². The highest BCUT2D eigenvalue weighted by atomic mass is 19.1. The number of nitrogens with zero attached hydrogens (tertiary/aromatic N) is 4. The SMILES string of the molecule is Cn1cc(-c2ccc3cnc(NC(=O)[C@H]4CC[C@H](NCCF)CC4)nc3c2)cn1. The zero-order valence-corrected chi connectivity index (χ0v) is 16.4. The van der Waals surface area contributed by atoms with E-state index in [1.807, 2.05) is 37.6 Å². The first-order valence-electron chi connectivity index (χ1n) is 9.98. The fraction of sp³-hybridized carbons (Fsp3) is 0.429. The summed E-state index contributed by atoms with van der Waals surface area (Å²) in [5.41, 5.74) is 2.80. The minimum absolute atomic E-state index is 0.0447. The van der Waals surface area contributed by atoms with Crippen LogP contribution in [0.3, 0.4) is 0 Å². The van der Waals surface area contributed by atoms with E-state index in [1.54, 1.807) is 10.9 Å². The molecule has 0 spiro atoms. The third-order valence-electron chi connectivity index (χ3n) is 5.48. The molecule has 1 aliphatic carbocycles. The fourth-order valence-corrected chi connectivity index (χ4v) is 3.86. The molecule has 1 saturated carbocycles. The van der Waals surface area contributed by atoms with Crippen LogP contribution in [0.2, 0.25) is 0 Å². The monoisotopic (exact) mass is 396 g/mol. The van der Waals surface area contributed by atoms with E-state index in [9.17, 15) is 9.18 Å². The molecule has 0 bridgehead atoms. The highest BCUT2D eigenvalue weighted by molar-refractivity contribution is 5.92. The first kappa shape index (κ1) is 19.4. The first-order valence-corrected chi connectivity index (χ1v) is 9.98. The van der Waals surface area contributed by atoms with Gasteiger partial charge in [0.2, 0.25) is 11.9 Å². The summed E-state index contributed by atoms with van der Waals surface area (Å²) < 4.78 is 14.0. The molecule has 2 heterocycles. The van der Waals surface area contributed by atoms with Crippen LogP contribution < -0.4 is 10.6 Å². The first-order chi connectivity index (χ1) is 14.1. The maximum Gasteiger partial charge on any atom is 0.229 e. The van der Waals surface area contributed by atoms with Crippen molar-refractivity contribution in [3.8, 4) is 11.1 Å². The number of amides is 1. The lowest BCUT2D eigenvalue weighted by molar-refractivity contribution is -0.120. The van der Waals surface area contributed by atoms with Gasteiger partial charge < -0.3 is 5.32 Å². The Balaban J connectivity index is 1.43. The summed E-state index contributed by atoms with van der Waals surface area (Å²) in [6.45, 7) is 0.0235. The molecule has 2 aromatic heterocycles. The van der Waals surface area contributed by atoms with Crippen molar-refractivity contribution < 1.29 is 9.18 Å². The van der Waals surface area contributed by atoms with E-state index in [-0.39, 0.29) is 18.5 Å². The Kier molecular flexibility index (Phi) is 5.80. The lowest BCUT2D eigenvalue weighted by Gasteiger charge is -2.28. The molecule has 1 amide bonds. The minimum Gasteiger partial charge on any atom is -0.311 e. The molecular weight excluding hydrogens is 371 g/mol. The molecule has 152 valence electrons. The zero-order valence-electron chi connectivity index (χ0n) is 16.4. The molecule has 0 saturated heterocycles. The largest absolute Gasteiger partial charge is 0.311 e. The Morgan fingerprint density at radius 2 is 2.03 bits per heavy atom. The second kappa shape index (κ2) is 8.65. The van der Waals surface area contributed by atoms with E-state index >= 15 is 0 Å². The third kappa shape index (κ3) is 4.59. The van der Waals surface area contributed by atoms with Crippen molar-refractivity contribution in [2.75, 3.05) is 18.5 Å². The molecule has 29 heavy (non-hydrogen) atoms. The van der Waals surface area contributed by atoms with Gasteiger partial charge in [-0.25, -0.2) is 14.4 Å². The lowest BCUT2D eigenvalue weighted by atomic mass is 9.85. The standard InChI is InChI=1S/C21H25FN6O/c1-28-13-17(12-25-28)15-2-3-16-11-24-21(26-19(16)10-15)27-20(29)14-4-6-18(7-5-14)23-9-8-22/h2-3,10-14,18,23H,4-9H2,1H3,(H,24,26,27,29)/t14-,18-. The second-order valence-corrected chi connectivity index (χ2v) is 7.55. The molecule has 0 aliphatic heterocycles. The van der Waals surface area contributed by atoms with E-state index in [0.717, 1.165) is 47.7 Å². The predicted molar refractivity (Wildman–Crippen MR) is 110 cm³/mol. The van der Waals surface area contributed by atoms with Crippen LogP contribution in [0.4, 0.5) is 10.3 Å². The van der Waals surface area contributed by atoms with E-state index in [0.29, 0.717) is 18.5 Å². The summed E-state index contributed by atoms with van der Waals surface area (Å²) in [5.74, 6) is 0.222. The normalized spacial score (nSPS) is 19.4. The summed E-state index contributed by atoms with van der Waals surface area (Å²) in [6.07, 6.45) is 8.82. The lowest BCUT2D eigenvalue weighted by Crippen LogP contribution is -2.37. The number of fused-ring (bicyclic) bond motifs is 1. The number of carbonyl (C=O) groups excluding carboxylic acids is 1. The third-order valence-corrected chi connectivity index (χ3v) is 5.48. The molecule has 7 nitrogen and oxygen atoms in total. The van der Waals surface area contributed by atoms with Crippen LogP contribution in [0.25, 0.3) is 22.0 Å². The molecule has 1 fully saturated rings. The van der Waals surface area contributed by atoms with Crippen LogP contribution in [-0.2, 0) is 11.8 Å². The molecule has 0 unspecified atom stereocenters. The molecule has 0 atom stereocenters. The van der Waals surface area contributed by atoms with Crippen molar-refractivity contribution >= 4 is 22.8 Å². The van der Waals surface area contributed by atoms with Crippen molar-refractivity contribution in [2.24, 2.45) is 13.0 Å². The molecule has 8 heteroatoms. The average Bonchev–Trinajstić information content (AvgIpc) is 3.18. The molecule has 3 aromatic rings. The van der Waals surface area contributed by atoms with Crippen molar-refractivity contribution in [2.45, 2.75) is 31.7 Å². The van der Waals surface area contributed by atoms with Gasteiger partial charge in [0.05, 0.1) is 11.7 Å². The maximum atomic E-state index is 12.6. The number of carbonyl (C=O) groups is 1. The number of benzene rings is 1. The number of nitrogens with one attached hydrogen (secondary N) is 2. The van der Waals surface area contributed by atoms with Gasteiger partial charge in [-0.2, -0.15) is 5.10 Å². The van der Waals surface area contributed by atoms with Crippen LogP contribution in [0, 0.1) is 5.92 Å². The summed E-state index contributed by atoms with van der Waals surface area (Å²) in [7, 11) is 1.88. The minimum atomic E-state index is -0.359. The highest BCUT2D eigenvalue weighted by Gasteiger charge is 2.26. The topological polar surface area (TPSA) is 84.7 Å². The van der Waals surface area contributed by atoms with Gasteiger partial charge in [-0.05, 0) is 37.3 Å². The highest BCUT2D eigenvalue weighted by Crippen LogP contribution is 2.26. The van der Waals surface area contributed by atoms with Crippen LogP contribution >= 0.6 is 0 Å². The van der Waals surface area contributed by atoms with Crippen molar-refractivity contribution in [1.82, 2.24) is 25.1 Å². The van der Waals surface area contributed by atoms with Gasteiger partial charge in [0.25, 0.3) is 0 Å². The molecule has 0 radical (unpaired) electrons. The number of rotatable bonds is 6. The summed E-state index contributed by atoms with van der Waals surface area (Å²) in [4.78, 5) is 21.5. The van der Waals surface area contributed by atoms with Gasteiger partial charge >= 0.3 is 0 Å². The van der Waals surface area contributed by atoms with E-state index in [2.05, 4.69) is 25.7 Å². The Labute approximate surface area is 168 Å². The Bertz CT molecular complexity index is 996. The maximum absolute atomic E-state index is 12.6. The molecular formula is C21H25FN6O. The van der Waals surface area contributed by atoms with Gasteiger partial charge in [-0.3, -0.25) is 14.8 Å². The van der Waals surface area contributed by atoms with Crippen LogP contribution in [0.1, 0.15) is 25.7 Å². The average molecular weight is 396 g/mol. The fourth-order valence-electron chi connectivity index (χ4n) is 3.86. The Morgan fingerprint density at radius 1 is 1.21 bits per heavy atom.